The molecule has 0 radical (unpaired) electrons. The summed E-state index contributed by atoms with van der Waals surface area (Å²) in [5, 5.41) is 0. The van der Waals surface area contributed by atoms with Crippen LogP contribution in [0.1, 0.15) is 26.2 Å². The van der Waals surface area contributed by atoms with Crippen LogP contribution in [0.3, 0.4) is 0 Å². The van der Waals surface area contributed by atoms with Gasteiger partial charge in [-0.15, -0.1) is 11.6 Å². The van der Waals surface area contributed by atoms with E-state index in [0.29, 0.717) is 11.9 Å². The van der Waals surface area contributed by atoms with E-state index in [0.717, 1.165) is 25.8 Å². The van der Waals surface area contributed by atoms with Crippen LogP contribution < -0.4 is 0 Å². The lowest BCUT2D eigenvalue weighted by Gasteiger charge is -2.22. The SMILES string of the molecule is CC(=O)N1CCCC1CCCl. The number of nitrogens with zero attached hydrogens (tertiary/aromatic N) is 1. The lowest BCUT2D eigenvalue weighted by atomic mass is 10.2. The maximum atomic E-state index is 11.0. The largest absolute Gasteiger partial charge is 0.340 e. The molecule has 1 fully saturated rings. The summed E-state index contributed by atoms with van der Waals surface area (Å²) in [5.74, 6) is 0.853. The van der Waals surface area contributed by atoms with Crippen molar-refractivity contribution in [2.45, 2.75) is 32.2 Å². The van der Waals surface area contributed by atoms with Crippen molar-refractivity contribution in [1.29, 1.82) is 0 Å². The van der Waals surface area contributed by atoms with Gasteiger partial charge in [0, 0.05) is 25.4 Å². The maximum absolute atomic E-state index is 11.0. The Morgan fingerprint density at radius 2 is 2.45 bits per heavy atom. The van der Waals surface area contributed by atoms with Crippen LogP contribution in [-0.2, 0) is 4.79 Å². The highest BCUT2D eigenvalue weighted by molar-refractivity contribution is 6.17. The number of amides is 1. The minimum Gasteiger partial charge on any atom is -0.340 e. The van der Waals surface area contributed by atoms with E-state index in [9.17, 15) is 4.79 Å². The molecule has 64 valence electrons. The van der Waals surface area contributed by atoms with E-state index >= 15 is 0 Å². The van der Waals surface area contributed by atoms with Crippen molar-refractivity contribution in [2.75, 3.05) is 12.4 Å². The molecule has 0 spiro atoms. The molecule has 0 aromatic heterocycles. The van der Waals surface area contributed by atoms with Crippen molar-refractivity contribution in [3.63, 3.8) is 0 Å². The number of alkyl halides is 1. The van der Waals surface area contributed by atoms with Gasteiger partial charge in [-0.1, -0.05) is 0 Å². The molecular formula is C8H14ClNO. The molecule has 0 aromatic rings. The number of halogens is 1. The van der Waals surface area contributed by atoms with Gasteiger partial charge in [-0.25, -0.2) is 0 Å². The van der Waals surface area contributed by atoms with E-state index in [1.165, 1.54) is 0 Å². The molecule has 1 atom stereocenters. The molecule has 2 nitrogen and oxygen atoms in total. The Hall–Kier alpha value is -0.240. The third kappa shape index (κ3) is 2.09. The van der Waals surface area contributed by atoms with E-state index in [4.69, 9.17) is 11.6 Å². The molecule has 1 saturated heterocycles. The molecule has 0 bridgehead atoms. The first-order valence-corrected chi connectivity index (χ1v) is 4.62. The average Bonchev–Trinajstić information content (AvgIpc) is 2.36. The molecule has 0 aromatic carbocycles. The van der Waals surface area contributed by atoms with Gasteiger partial charge in [0.25, 0.3) is 0 Å². The Balaban J connectivity index is 2.44. The molecule has 1 unspecified atom stereocenters. The van der Waals surface area contributed by atoms with Crippen molar-refractivity contribution >= 4 is 17.5 Å². The van der Waals surface area contributed by atoms with Crippen LogP contribution in [-0.4, -0.2) is 29.3 Å². The Morgan fingerprint density at radius 1 is 1.73 bits per heavy atom. The fourth-order valence-electron chi connectivity index (χ4n) is 1.68. The molecule has 1 aliphatic rings. The third-order valence-corrected chi connectivity index (χ3v) is 2.44. The first-order valence-electron chi connectivity index (χ1n) is 4.09. The van der Waals surface area contributed by atoms with Crippen molar-refractivity contribution in [1.82, 2.24) is 4.90 Å². The van der Waals surface area contributed by atoms with Gasteiger partial charge in [-0.3, -0.25) is 4.79 Å². The summed E-state index contributed by atoms with van der Waals surface area (Å²) in [4.78, 5) is 12.9. The van der Waals surface area contributed by atoms with Crippen LogP contribution in [0.15, 0.2) is 0 Å². The maximum Gasteiger partial charge on any atom is 0.219 e. The zero-order valence-electron chi connectivity index (χ0n) is 6.85. The van der Waals surface area contributed by atoms with Gasteiger partial charge < -0.3 is 4.90 Å². The quantitative estimate of drug-likeness (QED) is 0.585. The third-order valence-electron chi connectivity index (χ3n) is 2.22. The van der Waals surface area contributed by atoms with Crippen molar-refractivity contribution in [3.05, 3.63) is 0 Å². The monoisotopic (exact) mass is 175 g/mol. The smallest absolute Gasteiger partial charge is 0.219 e. The van der Waals surface area contributed by atoms with E-state index < -0.39 is 0 Å². The molecule has 3 heteroatoms. The van der Waals surface area contributed by atoms with Crippen molar-refractivity contribution < 1.29 is 4.79 Å². The molecule has 0 aliphatic carbocycles. The van der Waals surface area contributed by atoms with Crippen LogP contribution in [0.25, 0.3) is 0 Å². The van der Waals surface area contributed by atoms with Crippen molar-refractivity contribution in [3.8, 4) is 0 Å². The Kier molecular flexibility index (Phi) is 3.18. The second kappa shape index (κ2) is 3.96. The van der Waals surface area contributed by atoms with Gasteiger partial charge in [0.2, 0.25) is 5.91 Å². The first-order chi connectivity index (χ1) is 5.25. The molecule has 1 rings (SSSR count). The molecular weight excluding hydrogens is 162 g/mol. The summed E-state index contributed by atoms with van der Waals surface area (Å²) < 4.78 is 0. The van der Waals surface area contributed by atoms with Crippen molar-refractivity contribution in [2.24, 2.45) is 0 Å². The number of hydrogen-bond acceptors (Lipinski definition) is 1. The number of carbonyl (C=O) groups excluding carboxylic acids is 1. The fourth-order valence-corrected chi connectivity index (χ4v) is 1.93. The number of hydrogen-bond donors (Lipinski definition) is 0. The van der Waals surface area contributed by atoms with Crippen LogP contribution in [0.2, 0.25) is 0 Å². The van der Waals surface area contributed by atoms with Gasteiger partial charge in [0.1, 0.15) is 0 Å². The van der Waals surface area contributed by atoms with E-state index in [2.05, 4.69) is 0 Å². The molecule has 0 N–H and O–H groups in total. The molecule has 1 aliphatic heterocycles. The number of carbonyl (C=O) groups is 1. The summed E-state index contributed by atoms with van der Waals surface area (Å²) in [5.41, 5.74) is 0. The summed E-state index contributed by atoms with van der Waals surface area (Å²) >= 11 is 5.61. The highest BCUT2D eigenvalue weighted by Gasteiger charge is 2.25. The van der Waals surface area contributed by atoms with Gasteiger partial charge in [0.05, 0.1) is 0 Å². The second-order valence-electron chi connectivity index (χ2n) is 2.99. The zero-order valence-corrected chi connectivity index (χ0v) is 7.60. The lowest BCUT2D eigenvalue weighted by Crippen LogP contribution is -2.33. The van der Waals surface area contributed by atoms with Crippen LogP contribution in [0.4, 0.5) is 0 Å². The molecule has 1 amide bonds. The summed E-state index contributed by atoms with van der Waals surface area (Å²) in [7, 11) is 0. The predicted molar refractivity (Wildman–Crippen MR) is 45.7 cm³/mol. The fraction of sp³-hybridized carbons (Fsp3) is 0.875. The second-order valence-corrected chi connectivity index (χ2v) is 3.36. The van der Waals surface area contributed by atoms with E-state index in [1.54, 1.807) is 6.92 Å². The molecule has 11 heavy (non-hydrogen) atoms. The Labute approximate surface area is 72.5 Å². The summed E-state index contributed by atoms with van der Waals surface area (Å²) in [6.07, 6.45) is 3.22. The highest BCUT2D eigenvalue weighted by atomic mass is 35.5. The topological polar surface area (TPSA) is 20.3 Å². The molecule has 1 heterocycles. The summed E-state index contributed by atoms with van der Waals surface area (Å²) in [6.45, 7) is 2.56. The Morgan fingerprint density at radius 3 is 3.00 bits per heavy atom. The molecule has 0 saturated carbocycles. The average molecular weight is 176 g/mol. The van der Waals surface area contributed by atoms with Crippen LogP contribution in [0.5, 0.6) is 0 Å². The van der Waals surface area contributed by atoms with Gasteiger partial charge in [0.15, 0.2) is 0 Å². The Bertz CT molecular complexity index is 149. The van der Waals surface area contributed by atoms with Crippen LogP contribution in [0, 0.1) is 0 Å². The van der Waals surface area contributed by atoms with Gasteiger partial charge in [-0.2, -0.15) is 0 Å². The van der Waals surface area contributed by atoms with Gasteiger partial charge >= 0.3 is 0 Å². The number of rotatable bonds is 2. The highest BCUT2D eigenvalue weighted by Crippen LogP contribution is 2.20. The number of likely N-dealkylation sites (tertiary alicyclic amines) is 1. The van der Waals surface area contributed by atoms with E-state index in [-0.39, 0.29) is 5.91 Å². The first kappa shape index (κ1) is 8.85. The minimum atomic E-state index is 0.192. The lowest BCUT2D eigenvalue weighted by molar-refractivity contribution is -0.129. The normalized spacial score (nSPS) is 24.2. The predicted octanol–water partition coefficient (Wildman–Crippen LogP) is 1.63. The minimum absolute atomic E-state index is 0.192. The van der Waals surface area contributed by atoms with E-state index in [1.807, 2.05) is 4.90 Å². The zero-order chi connectivity index (χ0) is 8.27. The van der Waals surface area contributed by atoms with Crippen LogP contribution >= 0.6 is 11.6 Å². The van der Waals surface area contributed by atoms with Gasteiger partial charge in [-0.05, 0) is 19.3 Å². The summed E-state index contributed by atoms with van der Waals surface area (Å²) in [6, 6.07) is 0.421. The standard InChI is InChI=1S/C8H14ClNO/c1-7(11)10-6-2-3-8(10)4-5-9/h8H,2-6H2,1H3.